The maximum absolute atomic E-state index is 11.4. The van der Waals surface area contributed by atoms with Gasteiger partial charge in [0.1, 0.15) is 0 Å². The lowest BCUT2D eigenvalue weighted by Crippen LogP contribution is -2.19. The quantitative estimate of drug-likeness (QED) is 0.401. The summed E-state index contributed by atoms with van der Waals surface area (Å²) in [4.78, 5) is -0.0635. The normalized spacial score (nSPS) is 12.3. The summed E-state index contributed by atoms with van der Waals surface area (Å²) >= 11 is 0. The first-order valence-corrected chi connectivity index (χ1v) is 8.94. The van der Waals surface area contributed by atoms with Crippen LogP contribution in [0, 0.1) is 6.92 Å². The highest BCUT2D eigenvalue weighted by molar-refractivity contribution is 7.89. The van der Waals surface area contributed by atoms with Crippen LogP contribution in [0.15, 0.2) is 17.0 Å². The Kier molecular flexibility index (Phi) is 4.97. The van der Waals surface area contributed by atoms with Crippen LogP contribution >= 0.6 is 0 Å². The van der Waals surface area contributed by atoms with Gasteiger partial charge in [-0.25, -0.2) is 27.1 Å². The zero-order chi connectivity index (χ0) is 15.6. The number of benzene rings is 1. The predicted octanol–water partition coefficient (Wildman–Crippen LogP) is -0.685. The Bertz CT molecular complexity index is 698. The molecule has 10 heteroatoms. The van der Waals surface area contributed by atoms with Crippen LogP contribution in [-0.4, -0.2) is 29.1 Å². The summed E-state index contributed by atoms with van der Waals surface area (Å²) in [5.41, 5.74) is 6.78. The van der Waals surface area contributed by atoms with Crippen LogP contribution in [-0.2, 0) is 20.0 Å². The molecule has 0 bridgehead atoms. The highest BCUT2D eigenvalue weighted by Gasteiger charge is 2.15. The van der Waals surface area contributed by atoms with E-state index in [1.54, 1.807) is 13.0 Å². The Balaban J connectivity index is 2.89. The molecule has 8 nitrogen and oxygen atoms in total. The molecular weight excluding hydrogens is 304 g/mol. The second kappa shape index (κ2) is 5.95. The summed E-state index contributed by atoms with van der Waals surface area (Å²) < 4.78 is 44.4. The summed E-state index contributed by atoms with van der Waals surface area (Å²) in [5.74, 6) is -0.163. The van der Waals surface area contributed by atoms with E-state index >= 15 is 0 Å². The largest absolute Gasteiger partial charge is 0.399 e. The number of primary sulfonamides is 2. The minimum atomic E-state index is -3.87. The van der Waals surface area contributed by atoms with E-state index in [9.17, 15) is 16.8 Å². The zero-order valence-corrected chi connectivity index (χ0v) is 12.6. The Morgan fingerprint density at radius 1 is 1.15 bits per heavy atom. The van der Waals surface area contributed by atoms with Gasteiger partial charge in [-0.05, 0) is 31.0 Å². The highest BCUT2D eigenvalue weighted by Crippen LogP contribution is 2.25. The lowest BCUT2D eigenvalue weighted by atomic mass is 10.2. The van der Waals surface area contributed by atoms with Gasteiger partial charge in [0.2, 0.25) is 20.0 Å². The van der Waals surface area contributed by atoms with Gasteiger partial charge in [-0.2, -0.15) is 0 Å². The van der Waals surface area contributed by atoms with Gasteiger partial charge in [-0.3, -0.25) is 0 Å². The lowest BCUT2D eigenvalue weighted by molar-refractivity contribution is 0.595. The van der Waals surface area contributed by atoms with E-state index < -0.39 is 20.0 Å². The summed E-state index contributed by atoms with van der Waals surface area (Å²) in [5, 5.41) is 12.9. The van der Waals surface area contributed by atoms with Crippen molar-refractivity contribution >= 4 is 31.4 Å². The molecule has 0 amide bonds. The molecule has 0 radical (unpaired) electrons. The van der Waals surface area contributed by atoms with Crippen LogP contribution in [0.4, 0.5) is 11.4 Å². The predicted molar refractivity (Wildman–Crippen MR) is 78.0 cm³/mol. The van der Waals surface area contributed by atoms with Crippen LogP contribution in [0.25, 0.3) is 0 Å². The van der Waals surface area contributed by atoms with Crippen LogP contribution < -0.4 is 21.3 Å². The first kappa shape index (κ1) is 16.7. The Morgan fingerprint density at radius 3 is 2.25 bits per heavy atom. The van der Waals surface area contributed by atoms with Crippen molar-refractivity contribution in [3.63, 3.8) is 0 Å². The summed E-state index contributed by atoms with van der Waals surface area (Å²) in [6.45, 7) is 1.89. The second-order valence-electron chi connectivity index (χ2n) is 4.38. The summed E-state index contributed by atoms with van der Waals surface area (Å²) in [7, 11) is -7.38. The Morgan fingerprint density at radius 2 is 1.75 bits per heavy atom. The number of sulfonamides is 2. The van der Waals surface area contributed by atoms with E-state index in [1.165, 1.54) is 6.07 Å². The fourth-order valence-electron chi connectivity index (χ4n) is 1.68. The molecule has 1 aromatic rings. The molecule has 0 aromatic heterocycles. The molecule has 0 unspecified atom stereocenters. The number of hydrogen-bond acceptors (Lipinski definition) is 6. The first-order valence-electron chi connectivity index (χ1n) is 5.68. The molecule has 1 aromatic carbocycles. The van der Waals surface area contributed by atoms with E-state index in [0.29, 0.717) is 17.8 Å². The number of nitrogens with two attached hydrogens (primary N) is 3. The molecule has 1 rings (SSSR count). The molecule has 0 atom stereocenters. The van der Waals surface area contributed by atoms with Crippen LogP contribution in [0.3, 0.4) is 0 Å². The molecule has 20 heavy (non-hydrogen) atoms. The molecule has 0 aliphatic rings. The maximum Gasteiger partial charge on any atom is 0.238 e. The third-order valence-corrected chi connectivity index (χ3v) is 4.50. The molecule has 7 N–H and O–H groups in total. The van der Waals surface area contributed by atoms with Gasteiger partial charge in [0.15, 0.2) is 0 Å². The number of hydrogen-bond donors (Lipinski definition) is 4. The van der Waals surface area contributed by atoms with Gasteiger partial charge in [-0.1, -0.05) is 0 Å². The molecule has 0 heterocycles. The van der Waals surface area contributed by atoms with Gasteiger partial charge < -0.3 is 11.1 Å². The van der Waals surface area contributed by atoms with Crippen molar-refractivity contribution in [2.45, 2.75) is 18.2 Å². The topological polar surface area (TPSA) is 158 Å². The number of nitrogen functional groups attached to an aromatic ring is 1. The SMILES string of the molecule is Cc1c(NCCCS(N)(=O)=O)cc(N)cc1S(N)(=O)=O. The number of nitrogens with one attached hydrogen (secondary N) is 1. The molecule has 114 valence electrons. The minimum Gasteiger partial charge on any atom is -0.399 e. The monoisotopic (exact) mass is 322 g/mol. The number of anilines is 2. The molecule has 0 saturated carbocycles. The van der Waals surface area contributed by atoms with Crippen LogP contribution in [0.5, 0.6) is 0 Å². The standard InChI is InChI=1S/C10H18N4O4S2/c1-7-9(14-3-2-4-19(12,15)16)5-8(11)6-10(7)20(13,17)18/h5-6,14H,2-4,11H2,1H3,(H2,12,15,16)(H2,13,17,18). The number of rotatable bonds is 6. The van der Waals surface area contributed by atoms with Crippen molar-refractivity contribution in [1.29, 1.82) is 0 Å². The van der Waals surface area contributed by atoms with Crippen molar-refractivity contribution in [1.82, 2.24) is 0 Å². The van der Waals surface area contributed by atoms with Gasteiger partial charge in [0, 0.05) is 17.9 Å². The fraction of sp³-hybridized carbons (Fsp3) is 0.400. The van der Waals surface area contributed by atoms with Crippen molar-refractivity contribution in [3.05, 3.63) is 17.7 Å². The van der Waals surface area contributed by atoms with Crippen LogP contribution in [0.2, 0.25) is 0 Å². The van der Waals surface area contributed by atoms with Crippen molar-refractivity contribution in [2.24, 2.45) is 10.3 Å². The lowest BCUT2D eigenvalue weighted by Gasteiger charge is -2.13. The van der Waals surface area contributed by atoms with Gasteiger partial charge in [0.25, 0.3) is 0 Å². The first-order chi connectivity index (χ1) is 9.00. The molecule has 0 saturated heterocycles. The Hall–Kier alpha value is -1.36. The summed E-state index contributed by atoms with van der Waals surface area (Å²) in [6, 6.07) is 2.83. The van der Waals surface area contributed by atoms with Crippen molar-refractivity contribution < 1.29 is 16.8 Å². The highest BCUT2D eigenvalue weighted by atomic mass is 32.2. The van der Waals surface area contributed by atoms with Gasteiger partial charge >= 0.3 is 0 Å². The second-order valence-corrected chi connectivity index (χ2v) is 7.65. The van der Waals surface area contributed by atoms with Crippen molar-refractivity contribution in [3.8, 4) is 0 Å². The van der Waals surface area contributed by atoms with Crippen LogP contribution in [0.1, 0.15) is 12.0 Å². The smallest absolute Gasteiger partial charge is 0.238 e. The van der Waals surface area contributed by atoms with E-state index in [4.69, 9.17) is 16.0 Å². The molecular formula is C10H18N4O4S2. The third kappa shape index (κ3) is 4.96. The average molecular weight is 322 g/mol. The zero-order valence-electron chi connectivity index (χ0n) is 11.0. The maximum atomic E-state index is 11.4. The van der Waals surface area contributed by atoms with Crippen molar-refractivity contribution in [2.75, 3.05) is 23.3 Å². The third-order valence-electron chi connectivity index (χ3n) is 2.61. The average Bonchev–Trinajstić information content (AvgIpc) is 2.25. The van der Waals surface area contributed by atoms with E-state index in [1.807, 2.05) is 0 Å². The van der Waals surface area contributed by atoms with E-state index in [2.05, 4.69) is 5.32 Å². The Labute approximate surface area is 118 Å². The van der Waals surface area contributed by atoms with Gasteiger partial charge in [0.05, 0.1) is 10.6 Å². The molecule has 0 aliphatic heterocycles. The van der Waals surface area contributed by atoms with E-state index in [0.717, 1.165) is 0 Å². The molecule has 0 fully saturated rings. The molecule has 0 aliphatic carbocycles. The fourth-order valence-corrected chi connectivity index (χ4v) is 3.07. The molecule has 0 spiro atoms. The van der Waals surface area contributed by atoms with E-state index in [-0.39, 0.29) is 22.8 Å². The summed E-state index contributed by atoms with van der Waals surface area (Å²) in [6.07, 6.45) is 0.289. The van der Waals surface area contributed by atoms with Gasteiger partial charge in [-0.15, -0.1) is 0 Å². The minimum absolute atomic E-state index is 0.0635.